The molecule has 27 heavy (non-hydrogen) atoms. The highest BCUT2D eigenvalue weighted by Crippen LogP contribution is 2.35. The molecular formula is C19H20N4O4. The van der Waals surface area contributed by atoms with Crippen molar-refractivity contribution < 1.29 is 14.4 Å². The number of aromatic nitrogens is 1. The van der Waals surface area contributed by atoms with Crippen LogP contribution in [0.25, 0.3) is 0 Å². The minimum atomic E-state index is -0.568. The number of nitriles is 1. The van der Waals surface area contributed by atoms with Crippen LogP contribution in [-0.2, 0) is 0 Å². The standard InChI is InChI=1S/C19H20N4O4/c1-12(2)18(13-4-5-16-17(9-13)27-7-3-6-26-16)22-19-14(10-20)8-15(11-21-19)23(24)25/h4-5,8-9,11-12,18H,3,6-7H2,1-2H3,(H,21,22). The minimum Gasteiger partial charge on any atom is -0.490 e. The third-order valence-electron chi connectivity index (χ3n) is 4.29. The SMILES string of the molecule is CC(C)C(Nc1ncc([N+](=O)[O-])cc1C#N)c1ccc2c(c1)OCCCO2. The van der Waals surface area contributed by atoms with Crippen LogP contribution in [0.4, 0.5) is 11.5 Å². The molecule has 1 aromatic carbocycles. The molecule has 0 fully saturated rings. The Hall–Kier alpha value is -3.34. The average Bonchev–Trinajstić information content (AvgIpc) is 2.90. The number of hydrogen-bond donors (Lipinski definition) is 1. The Morgan fingerprint density at radius 2 is 2.00 bits per heavy atom. The van der Waals surface area contributed by atoms with E-state index in [4.69, 9.17) is 9.47 Å². The summed E-state index contributed by atoms with van der Waals surface area (Å²) >= 11 is 0. The number of anilines is 1. The highest BCUT2D eigenvalue weighted by atomic mass is 16.6. The van der Waals surface area contributed by atoms with Gasteiger partial charge in [0.25, 0.3) is 5.69 Å². The molecular weight excluding hydrogens is 348 g/mol. The summed E-state index contributed by atoms with van der Waals surface area (Å²) in [6, 6.07) is 8.78. The largest absolute Gasteiger partial charge is 0.490 e. The van der Waals surface area contributed by atoms with Gasteiger partial charge in [-0.1, -0.05) is 19.9 Å². The highest BCUT2D eigenvalue weighted by molar-refractivity contribution is 5.57. The molecule has 1 aliphatic heterocycles. The number of nitrogens with zero attached hydrogens (tertiary/aromatic N) is 3. The van der Waals surface area contributed by atoms with Gasteiger partial charge in [0.2, 0.25) is 0 Å². The predicted molar refractivity (Wildman–Crippen MR) is 98.9 cm³/mol. The average molecular weight is 368 g/mol. The monoisotopic (exact) mass is 368 g/mol. The van der Waals surface area contributed by atoms with Crippen molar-refractivity contribution in [3.63, 3.8) is 0 Å². The maximum Gasteiger partial charge on any atom is 0.289 e. The van der Waals surface area contributed by atoms with Gasteiger partial charge < -0.3 is 14.8 Å². The van der Waals surface area contributed by atoms with Crippen molar-refractivity contribution in [2.75, 3.05) is 18.5 Å². The van der Waals surface area contributed by atoms with Gasteiger partial charge in [-0.15, -0.1) is 0 Å². The number of nitrogens with one attached hydrogen (secondary N) is 1. The van der Waals surface area contributed by atoms with Crippen molar-refractivity contribution in [2.45, 2.75) is 26.3 Å². The van der Waals surface area contributed by atoms with Crippen molar-refractivity contribution in [1.29, 1.82) is 5.26 Å². The number of pyridine rings is 1. The van der Waals surface area contributed by atoms with E-state index in [2.05, 4.69) is 10.3 Å². The second-order valence-corrected chi connectivity index (χ2v) is 6.58. The van der Waals surface area contributed by atoms with Crippen molar-refractivity contribution in [3.05, 3.63) is 51.7 Å². The Morgan fingerprint density at radius 1 is 1.26 bits per heavy atom. The van der Waals surface area contributed by atoms with E-state index in [0.717, 1.165) is 18.2 Å². The molecule has 0 bridgehead atoms. The van der Waals surface area contributed by atoms with E-state index in [-0.39, 0.29) is 23.2 Å². The zero-order valence-electron chi connectivity index (χ0n) is 15.1. The van der Waals surface area contributed by atoms with Crippen molar-refractivity contribution in [1.82, 2.24) is 4.98 Å². The number of ether oxygens (including phenoxy) is 2. The predicted octanol–water partition coefficient (Wildman–Crippen LogP) is 3.83. The Kier molecular flexibility index (Phi) is 5.41. The molecule has 140 valence electrons. The van der Waals surface area contributed by atoms with Crippen molar-refractivity contribution >= 4 is 11.5 Å². The number of fused-ring (bicyclic) bond motifs is 1. The Morgan fingerprint density at radius 3 is 2.67 bits per heavy atom. The van der Waals surface area contributed by atoms with Crippen LogP contribution in [0.5, 0.6) is 11.5 Å². The Balaban J connectivity index is 1.92. The normalized spacial score (nSPS) is 14.1. The van der Waals surface area contributed by atoms with Gasteiger partial charge >= 0.3 is 0 Å². The minimum absolute atomic E-state index is 0.129. The Bertz CT molecular complexity index is 892. The van der Waals surface area contributed by atoms with Crippen LogP contribution in [0.2, 0.25) is 0 Å². The van der Waals surface area contributed by atoms with Gasteiger partial charge in [0.15, 0.2) is 11.5 Å². The lowest BCUT2D eigenvalue weighted by Crippen LogP contribution is -2.18. The second kappa shape index (κ2) is 7.91. The zero-order chi connectivity index (χ0) is 19.4. The fourth-order valence-corrected chi connectivity index (χ4v) is 2.91. The van der Waals surface area contributed by atoms with Crippen LogP contribution >= 0.6 is 0 Å². The molecule has 0 saturated carbocycles. The fourth-order valence-electron chi connectivity index (χ4n) is 2.91. The molecule has 0 saturated heterocycles. The smallest absolute Gasteiger partial charge is 0.289 e. The van der Waals surface area contributed by atoms with E-state index in [1.807, 2.05) is 38.1 Å². The molecule has 1 aliphatic rings. The Labute approximate surface area is 156 Å². The summed E-state index contributed by atoms with van der Waals surface area (Å²) in [5.74, 6) is 1.88. The summed E-state index contributed by atoms with van der Waals surface area (Å²) in [6.07, 6.45) is 1.97. The lowest BCUT2D eigenvalue weighted by molar-refractivity contribution is -0.385. The van der Waals surface area contributed by atoms with Crippen LogP contribution < -0.4 is 14.8 Å². The van der Waals surface area contributed by atoms with Gasteiger partial charge in [0.05, 0.1) is 24.2 Å². The van der Waals surface area contributed by atoms with E-state index < -0.39 is 4.92 Å². The summed E-state index contributed by atoms with van der Waals surface area (Å²) in [6.45, 7) is 5.30. The van der Waals surface area contributed by atoms with E-state index in [9.17, 15) is 15.4 Å². The molecule has 3 rings (SSSR count). The maximum absolute atomic E-state index is 10.9. The summed E-state index contributed by atoms with van der Waals surface area (Å²) in [7, 11) is 0. The first-order chi connectivity index (χ1) is 13.0. The first kappa shape index (κ1) is 18.5. The number of benzene rings is 1. The van der Waals surface area contributed by atoms with E-state index in [1.54, 1.807) is 0 Å². The molecule has 0 spiro atoms. The molecule has 2 heterocycles. The maximum atomic E-state index is 10.9. The molecule has 0 radical (unpaired) electrons. The molecule has 0 amide bonds. The zero-order valence-corrected chi connectivity index (χ0v) is 15.1. The molecule has 1 atom stereocenters. The molecule has 1 N–H and O–H groups in total. The molecule has 0 aliphatic carbocycles. The number of rotatable bonds is 5. The van der Waals surface area contributed by atoms with Gasteiger partial charge in [-0.25, -0.2) is 4.98 Å². The van der Waals surface area contributed by atoms with Gasteiger partial charge in [-0.05, 0) is 23.6 Å². The molecule has 1 unspecified atom stereocenters. The molecule has 8 nitrogen and oxygen atoms in total. The van der Waals surface area contributed by atoms with Gasteiger partial charge in [0, 0.05) is 12.5 Å². The van der Waals surface area contributed by atoms with Crippen LogP contribution in [0.15, 0.2) is 30.5 Å². The second-order valence-electron chi connectivity index (χ2n) is 6.58. The van der Waals surface area contributed by atoms with Gasteiger partial charge in [0.1, 0.15) is 23.6 Å². The third kappa shape index (κ3) is 4.08. The summed E-state index contributed by atoms with van der Waals surface area (Å²) < 4.78 is 11.4. The highest BCUT2D eigenvalue weighted by Gasteiger charge is 2.22. The van der Waals surface area contributed by atoms with Crippen molar-refractivity contribution in [2.24, 2.45) is 5.92 Å². The van der Waals surface area contributed by atoms with E-state index in [1.165, 1.54) is 6.07 Å². The van der Waals surface area contributed by atoms with Gasteiger partial charge in [-0.3, -0.25) is 10.1 Å². The topological polar surface area (TPSA) is 110 Å². The molecule has 8 heteroatoms. The van der Waals surface area contributed by atoms with Crippen LogP contribution in [0, 0.1) is 27.4 Å². The van der Waals surface area contributed by atoms with E-state index in [0.29, 0.717) is 30.5 Å². The van der Waals surface area contributed by atoms with Crippen LogP contribution in [0.3, 0.4) is 0 Å². The number of hydrogen-bond acceptors (Lipinski definition) is 7. The fraction of sp³-hybridized carbons (Fsp3) is 0.368. The van der Waals surface area contributed by atoms with Crippen LogP contribution in [0.1, 0.15) is 37.4 Å². The first-order valence-electron chi connectivity index (χ1n) is 8.70. The summed E-state index contributed by atoms with van der Waals surface area (Å²) in [5, 5.41) is 23.5. The first-order valence-corrected chi connectivity index (χ1v) is 8.70. The van der Waals surface area contributed by atoms with E-state index >= 15 is 0 Å². The van der Waals surface area contributed by atoms with Crippen molar-refractivity contribution in [3.8, 4) is 17.6 Å². The quantitative estimate of drug-likeness (QED) is 0.630. The third-order valence-corrected chi connectivity index (χ3v) is 4.29. The van der Waals surface area contributed by atoms with Crippen LogP contribution in [-0.4, -0.2) is 23.1 Å². The van der Waals surface area contributed by atoms with Gasteiger partial charge in [-0.2, -0.15) is 5.26 Å². The lowest BCUT2D eigenvalue weighted by Gasteiger charge is -2.24. The number of nitro groups is 1. The summed E-state index contributed by atoms with van der Waals surface area (Å²) in [4.78, 5) is 14.4. The molecule has 1 aromatic heterocycles. The molecule has 2 aromatic rings. The summed E-state index contributed by atoms with van der Waals surface area (Å²) in [5.41, 5.74) is 0.872. The lowest BCUT2D eigenvalue weighted by atomic mass is 9.95.